The molecule has 1 heterocycles. The van der Waals surface area contributed by atoms with E-state index in [1.165, 1.54) is 11.2 Å². The zero-order chi connectivity index (χ0) is 15.1. The van der Waals surface area contributed by atoms with E-state index in [1.54, 1.807) is 10.4 Å². The first-order chi connectivity index (χ1) is 9.19. The standard InChI is InChI=1S/C17H28OSi2/c1-7-8-9-15(18)14-11-17-16(10-13(14)2)19(3,4)12-20(17,5)6/h10-11H,7-9,12H2,1-6H3. The summed E-state index contributed by atoms with van der Waals surface area (Å²) in [4.78, 5) is 12.4. The van der Waals surface area contributed by atoms with E-state index >= 15 is 0 Å². The van der Waals surface area contributed by atoms with Crippen molar-refractivity contribution in [2.24, 2.45) is 0 Å². The highest BCUT2D eigenvalue weighted by Crippen LogP contribution is 2.27. The summed E-state index contributed by atoms with van der Waals surface area (Å²) in [7, 11) is -2.58. The van der Waals surface area contributed by atoms with Crippen molar-refractivity contribution >= 4 is 32.3 Å². The number of carbonyl (C=O) groups is 1. The van der Waals surface area contributed by atoms with Gasteiger partial charge in [0, 0.05) is 12.0 Å². The predicted molar refractivity (Wildman–Crippen MR) is 94.1 cm³/mol. The second-order valence-electron chi connectivity index (χ2n) is 7.68. The highest BCUT2D eigenvalue weighted by molar-refractivity contribution is 7.14. The number of Topliss-reactive ketones (excluding diaryl/α,β-unsaturated/α-hetero) is 1. The molecule has 0 amide bonds. The first-order valence-corrected chi connectivity index (χ1v) is 14.3. The van der Waals surface area contributed by atoms with Crippen LogP contribution in [0.2, 0.25) is 31.9 Å². The van der Waals surface area contributed by atoms with Crippen LogP contribution in [0.4, 0.5) is 0 Å². The van der Waals surface area contributed by atoms with Gasteiger partial charge in [-0.1, -0.05) is 67.7 Å². The van der Waals surface area contributed by atoms with Gasteiger partial charge in [-0.15, -0.1) is 0 Å². The predicted octanol–water partition coefficient (Wildman–Crippen LogP) is 3.75. The van der Waals surface area contributed by atoms with E-state index in [0.717, 1.165) is 18.4 Å². The Morgan fingerprint density at radius 2 is 1.65 bits per heavy atom. The Morgan fingerprint density at radius 3 is 2.20 bits per heavy atom. The summed E-state index contributed by atoms with van der Waals surface area (Å²) in [6, 6.07) is 4.65. The molecule has 1 nitrogen and oxygen atoms in total. The Bertz CT molecular complexity index is 544. The van der Waals surface area contributed by atoms with Gasteiger partial charge < -0.3 is 0 Å². The molecule has 0 bridgehead atoms. The van der Waals surface area contributed by atoms with Gasteiger partial charge in [-0.05, 0) is 18.9 Å². The fourth-order valence-electron chi connectivity index (χ4n) is 3.90. The smallest absolute Gasteiger partial charge is 0.163 e. The Kier molecular flexibility index (Phi) is 4.13. The number of unbranched alkanes of at least 4 members (excludes halogenated alkanes) is 1. The average Bonchev–Trinajstić information content (AvgIpc) is 2.51. The summed E-state index contributed by atoms with van der Waals surface area (Å²) in [5.41, 5.74) is 3.64. The Morgan fingerprint density at radius 1 is 1.10 bits per heavy atom. The molecule has 0 saturated heterocycles. The van der Waals surface area contributed by atoms with Crippen LogP contribution < -0.4 is 10.4 Å². The van der Waals surface area contributed by atoms with Gasteiger partial charge in [0.15, 0.2) is 5.78 Å². The van der Waals surface area contributed by atoms with Crippen LogP contribution in [0.1, 0.15) is 42.1 Å². The lowest BCUT2D eigenvalue weighted by atomic mass is 10.0. The van der Waals surface area contributed by atoms with Crippen molar-refractivity contribution in [3.63, 3.8) is 0 Å². The van der Waals surface area contributed by atoms with Crippen molar-refractivity contribution in [2.45, 2.75) is 65.0 Å². The van der Waals surface area contributed by atoms with Crippen molar-refractivity contribution in [3.8, 4) is 0 Å². The van der Waals surface area contributed by atoms with Gasteiger partial charge in [-0.2, -0.15) is 0 Å². The van der Waals surface area contributed by atoms with Gasteiger partial charge in [-0.25, -0.2) is 0 Å². The minimum atomic E-state index is -1.32. The number of benzene rings is 1. The highest BCUT2D eigenvalue weighted by atomic mass is 28.4. The molecule has 0 atom stereocenters. The minimum absolute atomic E-state index is 0.350. The number of hydrogen-bond acceptors (Lipinski definition) is 1. The second-order valence-corrected chi connectivity index (χ2v) is 17.7. The molecule has 1 aliphatic rings. The number of aryl methyl sites for hydroxylation is 1. The average molecular weight is 305 g/mol. The van der Waals surface area contributed by atoms with Gasteiger partial charge >= 0.3 is 0 Å². The lowest BCUT2D eigenvalue weighted by Gasteiger charge is -2.19. The van der Waals surface area contributed by atoms with Crippen molar-refractivity contribution in [1.29, 1.82) is 0 Å². The summed E-state index contributed by atoms with van der Waals surface area (Å²) in [5, 5.41) is 3.22. The monoisotopic (exact) mass is 304 g/mol. The Labute approximate surface area is 125 Å². The summed E-state index contributed by atoms with van der Waals surface area (Å²) >= 11 is 0. The quantitative estimate of drug-likeness (QED) is 0.611. The molecule has 3 heteroatoms. The molecule has 1 aromatic carbocycles. The van der Waals surface area contributed by atoms with Crippen LogP contribution in [0.15, 0.2) is 12.1 Å². The van der Waals surface area contributed by atoms with E-state index in [2.05, 4.69) is 52.2 Å². The highest BCUT2D eigenvalue weighted by Gasteiger charge is 2.44. The molecule has 20 heavy (non-hydrogen) atoms. The fraction of sp³-hybridized carbons (Fsp3) is 0.588. The Balaban J connectivity index is 2.48. The van der Waals surface area contributed by atoms with E-state index in [4.69, 9.17) is 0 Å². The molecule has 0 aromatic heterocycles. The van der Waals surface area contributed by atoms with Crippen molar-refractivity contribution in [2.75, 3.05) is 0 Å². The molecular formula is C17H28OSi2. The van der Waals surface area contributed by atoms with E-state index in [1.807, 2.05) is 0 Å². The van der Waals surface area contributed by atoms with Gasteiger partial charge in [-0.3, -0.25) is 4.79 Å². The molecule has 0 N–H and O–H groups in total. The van der Waals surface area contributed by atoms with Gasteiger partial charge in [0.2, 0.25) is 0 Å². The van der Waals surface area contributed by atoms with Crippen molar-refractivity contribution in [1.82, 2.24) is 0 Å². The van der Waals surface area contributed by atoms with Gasteiger partial charge in [0.25, 0.3) is 0 Å². The molecule has 0 spiro atoms. The maximum atomic E-state index is 12.4. The first kappa shape index (κ1) is 15.7. The van der Waals surface area contributed by atoms with E-state index in [0.29, 0.717) is 12.2 Å². The normalized spacial score (nSPS) is 18.9. The second kappa shape index (κ2) is 5.26. The third-order valence-corrected chi connectivity index (χ3v) is 15.8. The minimum Gasteiger partial charge on any atom is -0.294 e. The van der Waals surface area contributed by atoms with Crippen LogP contribution in [0.5, 0.6) is 0 Å². The van der Waals surface area contributed by atoms with Crippen LogP contribution in [-0.2, 0) is 0 Å². The third-order valence-electron chi connectivity index (χ3n) is 4.76. The Hall–Kier alpha value is -0.676. The zero-order valence-electron chi connectivity index (χ0n) is 13.9. The summed E-state index contributed by atoms with van der Waals surface area (Å²) in [5.74, 6) is 0.350. The van der Waals surface area contributed by atoms with Gasteiger partial charge in [0.05, 0.1) is 16.1 Å². The fourth-order valence-corrected chi connectivity index (χ4v) is 19.0. The molecule has 0 radical (unpaired) electrons. The molecule has 0 fully saturated rings. The number of carbonyl (C=O) groups excluding carboxylic acids is 1. The largest absolute Gasteiger partial charge is 0.294 e. The molecule has 0 saturated carbocycles. The van der Waals surface area contributed by atoms with E-state index in [9.17, 15) is 4.79 Å². The number of rotatable bonds is 4. The number of ketones is 1. The number of hydrogen-bond donors (Lipinski definition) is 0. The zero-order valence-corrected chi connectivity index (χ0v) is 15.9. The van der Waals surface area contributed by atoms with Crippen molar-refractivity contribution in [3.05, 3.63) is 23.3 Å². The molecule has 2 rings (SSSR count). The lowest BCUT2D eigenvalue weighted by molar-refractivity contribution is 0.0979. The third kappa shape index (κ3) is 2.70. The van der Waals surface area contributed by atoms with E-state index in [-0.39, 0.29) is 0 Å². The van der Waals surface area contributed by atoms with Crippen LogP contribution in [0, 0.1) is 6.92 Å². The lowest BCUT2D eigenvalue weighted by Crippen LogP contribution is -2.44. The maximum absolute atomic E-state index is 12.4. The first-order valence-electron chi connectivity index (χ1n) is 7.88. The molecule has 1 aromatic rings. The van der Waals surface area contributed by atoms with Crippen LogP contribution >= 0.6 is 0 Å². The molecular weight excluding hydrogens is 276 g/mol. The molecule has 1 aliphatic heterocycles. The van der Waals surface area contributed by atoms with E-state index < -0.39 is 16.1 Å². The maximum Gasteiger partial charge on any atom is 0.163 e. The van der Waals surface area contributed by atoms with Crippen LogP contribution in [0.25, 0.3) is 0 Å². The SMILES string of the molecule is CCCCC(=O)c1cc2c(cc1C)[Si](C)(C)C[Si]2(C)C. The van der Waals surface area contributed by atoms with Crippen LogP contribution in [0.3, 0.4) is 0 Å². The van der Waals surface area contributed by atoms with Crippen molar-refractivity contribution < 1.29 is 4.79 Å². The summed E-state index contributed by atoms with van der Waals surface area (Å²) in [6.07, 6.45) is 2.81. The molecule has 110 valence electrons. The number of fused-ring (bicyclic) bond motifs is 1. The topological polar surface area (TPSA) is 17.1 Å². The van der Waals surface area contributed by atoms with Crippen LogP contribution in [-0.4, -0.2) is 21.9 Å². The summed E-state index contributed by atoms with van der Waals surface area (Å²) < 4.78 is 0. The summed E-state index contributed by atoms with van der Waals surface area (Å²) in [6.45, 7) is 14.2. The molecule has 0 unspecified atom stereocenters. The molecule has 0 aliphatic carbocycles. The van der Waals surface area contributed by atoms with Gasteiger partial charge in [0.1, 0.15) is 0 Å².